The van der Waals surface area contributed by atoms with Gasteiger partial charge in [-0.25, -0.2) is 4.79 Å². The topological polar surface area (TPSA) is 81.2 Å². The van der Waals surface area contributed by atoms with Crippen molar-refractivity contribution in [2.24, 2.45) is 7.05 Å². The molecule has 1 aromatic carbocycles. The van der Waals surface area contributed by atoms with Gasteiger partial charge in [-0.3, -0.25) is 4.68 Å². The van der Waals surface area contributed by atoms with Gasteiger partial charge in [0.2, 0.25) is 0 Å². The first kappa shape index (κ1) is 28.9. The zero-order valence-electron chi connectivity index (χ0n) is 24.2. The van der Waals surface area contributed by atoms with Crippen LogP contribution in [0.1, 0.15) is 74.4 Å². The third-order valence-electron chi connectivity index (χ3n) is 8.14. The highest BCUT2D eigenvalue weighted by Crippen LogP contribution is 2.41. The summed E-state index contributed by atoms with van der Waals surface area (Å²) < 4.78 is 13.8. The molecule has 1 saturated carbocycles. The largest absolute Gasteiger partial charge is 0.461 e. The number of aryl methyl sites for hydroxylation is 2. The lowest BCUT2D eigenvalue weighted by Gasteiger charge is -2.36. The van der Waals surface area contributed by atoms with Crippen molar-refractivity contribution in [1.82, 2.24) is 20.1 Å². The molecular formula is C29H43ClN4O3Si. The molecule has 9 heteroatoms. The Hall–Kier alpha value is -2.13. The summed E-state index contributed by atoms with van der Waals surface area (Å²) >= 11 is 6.88. The van der Waals surface area contributed by atoms with Crippen LogP contribution in [0.3, 0.4) is 0 Å². The van der Waals surface area contributed by atoms with Crippen molar-refractivity contribution in [3.63, 3.8) is 0 Å². The summed E-state index contributed by atoms with van der Waals surface area (Å²) in [5.74, 6) is -0.343. The summed E-state index contributed by atoms with van der Waals surface area (Å²) in [6.45, 7) is 16.8. The number of hydrogen-bond donors (Lipinski definition) is 2. The van der Waals surface area contributed by atoms with Crippen LogP contribution in [0.5, 0.6) is 0 Å². The number of rotatable bonds is 11. The summed E-state index contributed by atoms with van der Waals surface area (Å²) in [5.41, 5.74) is 6.19. The highest BCUT2D eigenvalue weighted by molar-refractivity contribution is 6.74. The molecule has 2 aromatic heterocycles. The van der Waals surface area contributed by atoms with E-state index in [0.29, 0.717) is 42.9 Å². The second-order valence-electron chi connectivity index (χ2n) is 11.9. The highest BCUT2D eigenvalue weighted by atomic mass is 35.5. The number of benzene rings is 1. The molecule has 0 unspecified atom stereocenters. The Morgan fingerprint density at radius 1 is 1.26 bits per heavy atom. The molecule has 0 atom stereocenters. The zero-order chi connectivity index (χ0) is 27.8. The van der Waals surface area contributed by atoms with Crippen LogP contribution in [0.25, 0.3) is 22.0 Å². The van der Waals surface area contributed by atoms with E-state index in [4.69, 9.17) is 25.9 Å². The van der Waals surface area contributed by atoms with Crippen LogP contribution in [0.2, 0.25) is 23.2 Å². The van der Waals surface area contributed by atoms with E-state index in [2.05, 4.69) is 51.1 Å². The number of aromatic nitrogens is 3. The van der Waals surface area contributed by atoms with Gasteiger partial charge in [0, 0.05) is 48.4 Å². The van der Waals surface area contributed by atoms with Crippen molar-refractivity contribution in [3.8, 4) is 11.1 Å². The molecule has 2 N–H and O–H groups in total. The minimum absolute atomic E-state index is 0.156. The molecule has 0 aliphatic heterocycles. The van der Waals surface area contributed by atoms with E-state index < -0.39 is 8.32 Å². The van der Waals surface area contributed by atoms with E-state index in [1.54, 1.807) is 0 Å². The fourth-order valence-electron chi connectivity index (χ4n) is 4.62. The second-order valence-corrected chi connectivity index (χ2v) is 17.2. The van der Waals surface area contributed by atoms with Crippen molar-refractivity contribution in [3.05, 3.63) is 39.8 Å². The number of fused-ring (bicyclic) bond motifs is 1. The first-order valence-electron chi connectivity index (χ1n) is 13.8. The summed E-state index contributed by atoms with van der Waals surface area (Å²) in [6, 6.07) is 4.51. The van der Waals surface area contributed by atoms with Crippen molar-refractivity contribution < 1.29 is 14.0 Å². The average Bonchev–Trinajstić information content (AvgIpc) is 3.53. The van der Waals surface area contributed by atoms with Crippen LogP contribution in [0.15, 0.2) is 12.1 Å². The lowest BCUT2D eigenvalue weighted by molar-refractivity contribution is 0.0519. The molecule has 38 heavy (non-hydrogen) atoms. The Kier molecular flexibility index (Phi) is 8.48. The molecule has 208 valence electrons. The van der Waals surface area contributed by atoms with Crippen molar-refractivity contribution >= 4 is 36.8 Å². The van der Waals surface area contributed by atoms with Gasteiger partial charge in [-0.2, -0.15) is 5.10 Å². The number of nitrogens with one attached hydrogen (secondary N) is 2. The number of nitrogens with zero attached hydrogens (tertiary/aromatic N) is 2. The molecule has 2 heterocycles. The fourth-order valence-corrected chi connectivity index (χ4v) is 5.96. The zero-order valence-corrected chi connectivity index (χ0v) is 25.9. The molecule has 0 bridgehead atoms. The van der Waals surface area contributed by atoms with Crippen LogP contribution >= 0.6 is 11.6 Å². The predicted molar refractivity (Wildman–Crippen MR) is 158 cm³/mol. The number of hydrogen-bond acceptors (Lipinski definition) is 5. The molecular weight excluding hydrogens is 516 g/mol. The minimum atomic E-state index is -1.84. The van der Waals surface area contributed by atoms with Crippen LogP contribution in [-0.4, -0.2) is 48.3 Å². The minimum Gasteiger partial charge on any atom is -0.461 e. The number of ether oxygens (including phenoxy) is 1. The normalized spacial score (nSPS) is 14.4. The lowest BCUT2D eigenvalue weighted by Crippen LogP contribution is -2.41. The van der Waals surface area contributed by atoms with Crippen LogP contribution in [0, 0.1) is 6.92 Å². The van der Waals surface area contributed by atoms with E-state index in [9.17, 15) is 4.79 Å². The Balaban J connectivity index is 1.74. The monoisotopic (exact) mass is 558 g/mol. The molecule has 4 rings (SSSR count). The third-order valence-corrected chi connectivity index (χ3v) is 13.0. The van der Waals surface area contributed by atoms with Crippen molar-refractivity contribution in [2.45, 2.75) is 91.0 Å². The third kappa shape index (κ3) is 5.88. The summed E-state index contributed by atoms with van der Waals surface area (Å²) in [6.07, 6.45) is 3.93. The molecule has 3 aromatic rings. The van der Waals surface area contributed by atoms with Gasteiger partial charge in [0.15, 0.2) is 8.32 Å². The molecule has 1 aliphatic carbocycles. The van der Waals surface area contributed by atoms with E-state index in [1.807, 2.05) is 30.8 Å². The highest BCUT2D eigenvalue weighted by Gasteiger charge is 2.37. The van der Waals surface area contributed by atoms with Gasteiger partial charge >= 0.3 is 5.97 Å². The van der Waals surface area contributed by atoms with Gasteiger partial charge in [0.1, 0.15) is 5.69 Å². The molecule has 0 amide bonds. The lowest BCUT2D eigenvalue weighted by atomic mass is 9.98. The predicted octanol–water partition coefficient (Wildman–Crippen LogP) is 6.91. The Bertz CT molecular complexity index is 1320. The number of carbonyl (C=O) groups is 1. The standard InChI is InChI=1S/C29H43ClN4O3Si/c1-9-36-28(35)27-20(11-10-16-37-38(7,8)29(3,4)5)21-14-15-22(30)25(26(21)32-27)24-18(2)34(6)33-23(24)17-31-19-12-13-19/h14-15,19,31-32H,9-13,16-17H2,1-8H3. The SMILES string of the molecule is CCOC(=O)c1[nH]c2c(-c3c(CNC4CC4)nn(C)c3C)c(Cl)ccc2c1CCCO[Si](C)(C)C(C)(C)C. The summed E-state index contributed by atoms with van der Waals surface area (Å²) in [7, 11) is 0.115. The first-order chi connectivity index (χ1) is 17.9. The maximum atomic E-state index is 13.1. The van der Waals surface area contributed by atoms with E-state index in [-0.39, 0.29) is 11.0 Å². The molecule has 7 nitrogen and oxygen atoms in total. The van der Waals surface area contributed by atoms with E-state index >= 15 is 0 Å². The van der Waals surface area contributed by atoms with Gasteiger partial charge in [0.25, 0.3) is 0 Å². The fraction of sp³-hybridized carbons (Fsp3) is 0.586. The van der Waals surface area contributed by atoms with Crippen LogP contribution in [-0.2, 0) is 29.2 Å². The van der Waals surface area contributed by atoms with E-state index in [1.165, 1.54) is 12.8 Å². The van der Waals surface area contributed by atoms with Gasteiger partial charge in [-0.15, -0.1) is 0 Å². The van der Waals surface area contributed by atoms with Gasteiger partial charge < -0.3 is 19.5 Å². The smallest absolute Gasteiger partial charge is 0.355 e. The van der Waals surface area contributed by atoms with Crippen LogP contribution in [0.4, 0.5) is 0 Å². The molecule has 0 spiro atoms. The van der Waals surface area contributed by atoms with Gasteiger partial charge in [0.05, 0.1) is 22.8 Å². The summed E-state index contributed by atoms with van der Waals surface area (Å²) in [4.78, 5) is 16.5. The first-order valence-corrected chi connectivity index (χ1v) is 17.0. The Labute approximate surface area is 232 Å². The van der Waals surface area contributed by atoms with Crippen LogP contribution < -0.4 is 5.32 Å². The number of esters is 1. The second kappa shape index (κ2) is 11.2. The quantitative estimate of drug-likeness (QED) is 0.152. The van der Waals surface area contributed by atoms with Gasteiger partial charge in [-0.1, -0.05) is 38.4 Å². The Morgan fingerprint density at radius 2 is 1.97 bits per heavy atom. The number of halogens is 1. The molecule has 1 fully saturated rings. The molecule has 0 saturated heterocycles. The number of aromatic amines is 1. The van der Waals surface area contributed by atoms with Crippen molar-refractivity contribution in [1.29, 1.82) is 0 Å². The average molecular weight is 559 g/mol. The van der Waals surface area contributed by atoms with Crippen molar-refractivity contribution in [2.75, 3.05) is 13.2 Å². The summed E-state index contributed by atoms with van der Waals surface area (Å²) in [5, 5.41) is 10.2. The molecule has 0 radical (unpaired) electrons. The number of H-pyrrole nitrogens is 1. The maximum absolute atomic E-state index is 13.1. The Morgan fingerprint density at radius 3 is 2.61 bits per heavy atom. The van der Waals surface area contributed by atoms with E-state index in [0.717, 1.165) is 45.4 Å². The maximum Gasteiger partial charge on any atom is 0.355 e. The molecule has 1 aliphatic rings. The number of carbonyl (C=O) groups excluding carboxylic acids is 1. The van der Waals surface area contributed by atoms with Gasteiger partial charge in [-0.05, 0) is 69.3 Å².